The van der Waals surface area contributed by atoms with E-state index in [4.69, 9.17) is 0 Å². The summed E-state index contributed by atoms with van der Waals surface area (Å²) in [5.41, 5.74) is 1.20. The Labute approximate surface area is 173 Å². The van der Waals surface area contributed by atoms with E-state index in [1.165, 1.54) is 5.56 Å². The highest BCUT2D eigenvalue weighted by atomic mass is 32.2. The fraction of sp³-hybridized carbons (Fsp3) is 0.591. The normalized spacial score (nSPS) is 35.1. The molecule has 5 rings (SSSR count). The molecular weight excluding hydrogens is 384 g/mol. The van der Waals surface area contributed by atoms with Crippen molar-refractivity contribution in [3.63, 3.8) is 0 Å². The van der Waals surface area contributed by atoms with Gasteiger partial charge in [0.25, 0.3) is 10.0 Å². The number of hydrogen-bond donors (Lipinski definition) is 0. The molecule has 2 aromatic rings. The Morgan fingerprint density at radius 2 is 1.86 bits per heavy atom. The van der Waals surface area contributed by atoms with Gasteiger partial charge in [-0.25, -0.2) is 13.4 Å². The van der Waals surface area contributed by atoms with Gasteiger partial charge >= 0.3 is 0 Å². The molecule has 1 aromatic carbocycles. The van der Waals surface area contributed by atoms with Crippen molar-refractivity contribution < 1.29 is 8.42 Å². The number of likely N-dealkylation sites (N-methyl/N-ethyl adjacent to an activating group) is 1. The first-order valence-corrected chi connectivity index (χ1v) is 12.0. The summed E-state index contributed by atoms with van der Waals surface area (Å²) in [5.74, 6) is 0. The Kier molecular flexibility index (Phi) is 4.42. The van der Waals surface area contributed by atoms with Crippen LogP contribution in [0.5, 0.6) is 0 Å². The van der Waals surface area contributed by atoms with Crippen LogP contribution in [0.3, 0.4) is 0 Å². The first kappa shape index (κ1) is 19.3. The average Bonchev–Trinajstić information content (AvgIpc) is 3.24. The summed E-state index contributed by atoms with van der Waals surface area (Å²) in [4.78, 5) is 6.74. The molecule has 2 aliphatic heterocycles. The second-order valence-electron chi connectivity index (χ2n) is 9.37. The number of imidazole rings is 1. The van der Waals surface area contributed by atoms with Crippen molar-refractivity contribution in [3.05, 3.63) is 48.4 Å². The summed E-state index contributed by atoms with van der Waals surface area (Å²) >= 11 is 0. The average molecular weight is 415 g/mol. The monoisotopic (exact) mass is 414 g/mol. The third-order valence-electron chi connectivity index (χ3n) is 7.73. The van der Waals surface area contributed by atoms with Gasteiger partial charge in [-0.05, 0) is 38.3 Å². The number of hydrogen-bond acceptors (Lipinski definition) is 4. The molecular formula is C22H30N4O2S. The second-order valence-corrected chi connectivity index (χ2v) is 11.2. The Hall–Kier alpha value is -1.70. The van der Waals surface area contributed by atoms with E-state index < -0.39 is 10.0 Å². The molecule has 1 saturated carbocycles. The number of benzene rings is 1. The molecule has 29 heavy (non-hydrogen) atoms. The van der Waals surface area contributed by atoms with Crippen LogP contribution in [-0.4, -0.2) is 58.4 Å². The number of likely N-dealkylation sites (tertiary alicyclic amines) is 1. The zero-order chi connectivity index (χ0) is 20.4. The summed E-state index contributed by atoms with van der Waals surface area (Å²) in [7, 11) is 0.351. The third-order valence-corrected chi connectivity index (χ3v) is 9.55. The molecule has 1 aliphatic carbocycles. The maximum atomic E-state index is 13.9. The molecule has 1 aromatic heterocycles. The van der Waals surface area contributed by atoms with Gasteiger partial charge in [-0.1, -0.05) is 43.7 Å². The van der Waals surface area contributed by atoms with Gasteiger partial charge in [0.1, 0.15) is 0 Å². The van der Waals surface area contributed by atoms with Crippen molar-refractivity contribution in [1.82, 2.24) is 18.8 Å². The maximum Gasteiger partial charge on any atom is 0.262 e. The lowest BCUT2D eigenvalue weighted by molar-refractivity contribution is 0.0338. The fourth-order valence-corrected chi connectivity index (χ4v) is 8.38. The van der Waals surface area contributed by atoms with Gasteiger partial charge in [0, 0.05) is 42.8 Å². The number of aromatic nitrogens is 2. The minimum Gasteiger partial charge on any atom is -0.339 e. The highest BCUT2D eigenvalue weighted by Crippen LogP contribution is 2.56. The second kappa shape index (κ2) is 6.65. The molecule has 6 nitrogen and oxygen atoms in total. The minimum absolute atomic E-state index is 0.00665. The standard InChI is InChI=1S/C22H30N4O2S/c1-22-13-18-17(12-16-8-5-4-6-9-16)26(20(22)11-7-10-19(22)25(18)3)29(27,28)21-14-24(2)15-23-21/h4-6,8-9,14-15,17-20H,7,10-13H2,1-3H3/t17-,18-,19-,20+,22-/m0/s1. The quantitative estimate of drug-likeness (QED) is 0.772. The molecule has 0 radical (unpaired) electrons. The van der Waals surface area contributed by atoms with Crippen LogP contribution in [0.1, 0.15) is 38.2 Å². The molecule has 5 atom stereocenters. The molecule has 0 spiro atoms. The Bertz CT molecular complexity index is 1000. The van der Waals surface area contributed by atoms with Crippen LogP contribution in [0.2, 0.25) is 0 Å². The zero-order valence-electron chi connectivity index (χ0n) is 17.4. The summed E-state index contributed by atoms with van der Waals surface area (Å²) in [6, 6.07) is 11.0. The van der Waals surface area contributed by atoms with Crippen LogP contribution in [0.15, 0.2) is 47.9 Å². The van der Waals surface area contributed by atoms with Crippen molar-refractivity contribution in [1.29, 1.82) is 0 Å². The van der Waals surface area contributed by atoms with Crippen molar-refractivity contribution in [2.24, 2.45) is 12.5 Å². The van der Waals surface area contributed by atoms with Crippen molar-refractivity contribution in [2.45, 2.75) is 68.2 Å². The predicted octanol–water partition coefficient (Wildman–Crippen LogP) is 2.67. The number of sulfonamides is 1. The summed E-state index contributed by atoms with van der Waals surface area (Å²) in [5, 5.41) is 0.174. The van der Waals surface area contributed by atoms with Crippen molar-refractivity contribution in [2.75, 3.05) is 7.05 Å². The van der Waals surface area contributed by atoms with Gasteiger partial charge in [0.05, 0.1) is 6.33 Å². The SMILES string of the molecule is CN1[C@H]2CCC[C@H]3N(S(=O)(=O)c4cn(C)cn4)[C@@H](Cc4ccccc4)[C@@H]1C[C@@]23C. The maximum absolute atomic E-state index is 13.9. The summed E-state index contributed by atoms with van der Waals surface area (Å²) < 4.78 is 31.4. The van der Waals surface area contributed by atoms with Gasteiger partial charge in [0.15, 0.2) is 5.03 Å². The van der Waals surface area contributed by atoms with E-state index in [0.29, 0.717) is 6.04 Å². The molecule has 0 N–H and O–H groups in total. The van der Waals surface area contributed by atoms with Gasteiger partial charge in [-0.3, -0.25) is 4.90 Å². The smallest absolute Gasteiger partial charge is 0.262 e. The molecule has 3 aliphatic rings. The lowest BCUT2D eigenvalue weighted by atomic mass is 9.65. The zero-order valence-corrected chi connectivity index (χ0v) is 18.2. The molecule has 2 saturated heterocycles. The van der Waals surface area contributed by atoms with E-state index >= 15 is 0 Å². The first-order valence-electron chi connectivity index (χ1n) is 10.6. The topological polar surface area (TPSA) is 58.4 Å². The van der Waals surface area contributed by atoms with E-state index in [-0.39, 0.29) is 28.6 Å². The summed E-state index contributed by atoms with van der Waals surface area (Å²) in [6.45, 7) is 2.32. The van der Waals surface area contributed by atoms with Gasteiger partial charge in [-0.2, -0.15) is 4.31 Å². The fourth-order valence-electron chi connectivity index (χ4n) is 6.44. The molecule has 0 amide bonds. The predicted molar refractivity (Wildman–Crippen MR) is 112 cm³/mol. The van der Waals surface area contributed by atoms with Crippen LogP contribution in [0.4, 0.5) is 0 Å². The van der Waals surface area contributed by atoms with Crippen molar-refractivity contribution in [3.8, 4) is 0 Å². The Balaban J connectivity index is 1.64. The Morgan fingerprint density at radius 1 is 1.14 bits per heavy atom. The third kappa shape index (κ3) is 2.81. The number of piperidine rings is 1. The molecule has 2 bridgehead atoms. The van der Waals surface area contributed by atoms with E-state index in [2.05, 4.69) is 36.0 Å². The highest BCUT2D eigenvalue weighted by molar-refractivity contribution is 7.89. The molecule has 7 heteroatoms. The van der Waals surface area contributed by atoms with Crippen LogP contribution >= 0.6 is 0 Å². The number of rotatable bonds is 4. The van der Waals surface area contributed by atoms with E-state index in [1.807, 2.05) is 29.6 Å². The van der Waals surface area contributed by atoms with E-state index in [9.17, 15) is 8.42 Å². The van der Waals surface area contributed by atoms with Crippen LogP contribution < -0.4 is 0 Å². The highest BCUT2D eigenvalue weighted by Gasteiger charge is 2.64. The lowest BCUT2D eigenvalue weighted by Gasteiger charge is -2.52. The minimum atomic E-state index is -3.67. The molecule has 0 unspecified atom stereocenters. The van der Waals surface area contributed by atoms with Crippen molar-refractivity contribution >= 4 is 10.0 Å². The lowest BCUT2D eigenvalue weighted by Crippen LogP contribution is -2.62. The van der Waals surface area contributed by atoms with E-state index in [0.717, 1.165) is 32.1 Å². The van der Waals surface area contributed by atoms with Crippen LogP contribution in [0, 0.1) is 5.41 Å². The van der Waals surface area contributed by atoms with Gasteiger partial charge in [0.2, 0.25) is 0 Å². The van der Waals surface area contributed by atoms with Gasteiger partial charge in [-0.15, -0.1) is 0 Å². The summed E-state index contributed by atoms with van der Waals surface area (Å²) in [6.07, 6.45) is 8.20. The molecule has 156 valence electrons. The molecule has 3 fully saturated rings. The van der Waals surface area contributed by atoms with E-state index in [1.54, 1.807) is 17.1 Å². The number of fused-ring (bicyclic) bond motifs is 1. The first-order chi connectivity index (χ1) is 13.8. The molecule has 3 heterocycles. The largest absolute Gasteiger partial charge is 0.339 e. The van der Waals surface area contributed by atoms with Gasteiger partial charge < -0.3 is 4.57 Å². The van der Waals surface area contributed by atoms with Crippen LogP contribution in [0.25, 0.3) is 0 Å². The van der Waals surface area contributed by atoms with Crippen LogP contribution in [-0.2, 0) is 23.5 Å². The number of nitrogens with zero attached hydrogens (tertiary/aromatic N) is 4. The number of aryl methyl sites for hydroxylation is 1. The Morgan fingerprint density at radius 3 is 2.55 bits per heavy atom.